The molecule has 17 heavy (non-hydrogen) atoms. The number of hydroxylamine groups is 1. The van der Waals surface area contributed by atoms with Crippen LogP contribution >= 0.6 is 11.6 Å². The fourth-order valence-electron chi connectivity index (χ4n) is 1.50. The zero-order valence-corrected chi connectivity index (χ0v) is 9.48. The molecule has 5 nitrogen and oxygen atoms in total. The molecule has 1 aliphatic rings. The Morgan fingerprint density at radius 3 is 2.82 bits per heavy atom. The number of aromatic nitrogens is 1. The molecule has 0 aromatic carbocycles. The first kappa shape index (κ1) is 11.7. The maximum Gasteiger partial charge on any atom is 0.341 e. The molecule has 0 saturated carbocycles. The number of alkyl halides is 2. The van der Waals surface area contributed by atoms with Crippen LogP contribution in [0.15, 0.2) is 35.7 Å². The van der Waals surface area contributed by atoms with E-state index in [1.807, 2.05) is 0 Å². The summed E-state index contributed by atoms with van der Waals surface area (Å²) in [6, 6.07) is 4.69. The second-order valence-corrected chi connectivity index (χ2v) is 3.85. The summed E-state index contributed by atoms with van der Waals surface area (Å²) in [5, 5.41) is 6.72. The number of allylic oxidation sites excluding steroid dienone is 1. The van der Waals surface area contributed by atoms with Crippen molar-refractivity contribution in [2.24, 2.45) is 0 Å². The van der Waals surface area contributed by atoms with Gasteiger partial charge in [-0.1, -0.05) is 17.7 Å². The summed E-state index contributed by atoms with van der Waals surface area (Å²) >= 11 is 5.58. The van der Waals surface area contributed by atoms with Crippen molar-refractivity contribution in [1.29, 1.82) is 0 Å². The van der Waals surface area contributed by atoms with Crippen LogP contribution in [0.1, 0.15) is 6.92 Å². The zero-order chi connectivity index (χ0) is 12.6. The molecule has 0 radical (unpaired) electrons. The highest BCUT2D eigenvalue weighted by Gasteiger charge is 2.52. The van der Waals surface area contributed by atoms with Crippen LogP contribution in [-0.4, -0.2) is 21.3 Å². The van der Waals surface area contributed by atoms with Crippen LogP contribution < -0.4 is 5.06 Å². The van der Waals surface area contributed by atoms with Crippen molar-refractivity contribution < 1.29 is 19.1 Å². The summed E-state index contributed by atoms with van der Waals surface area (Å²) in [5.41, 5.74) is -0.648. The SMILES string of the molecule is CC1=C(C(=O)O)C(F)(Cl)N(c2ccccn2)O1. The highest BCUT2D eigenvalue weighted by molar-refractivity contribution is 6.29. The van der Waals surface area contributed by atoms with Crippen molar-refractivity contribution in [2.75, 3.05) is 5.06 Å². The molecule has 90 valence electrons. The Balaban J connectivity index is 2.42. The first-order valence-corrected chi connectivity index (χ1v) is 5.04. The number of hydrogen-bond acceptors (Lipinski definition) is 4. The summed E-state index contributed by atoms with van der Waals surface area (Å²) in [5.74, 6) is -1.50. The van der Waals surface area contributed by atoms with Crippen LogP contribution in [0, 0.1) is 0 Å². The van der Waals surface area contributed by atoms with Gasteiger partial charge in [-0.15, -0.1) is 5.06 Å². The highest BCUT2D eigenvalue weighted by Crippen LogP contribution is 2.42. The minimum Gasteiger partial charge on any atom is -0.478 e. The minimum atomic E-state index is -2.77. The number of halogens is 2. The van der Waals surface area contributed by atoms with Crippen LogP contribution in [0.2, 0.25) is 0 Å². The summed E-state index contributed by atoms with van der Waals surface area (Å²) in [6.45, 7) is 1.32. The number of carboxylic acids is 1. The second-order valence-electron chi connectivity index (χ2n) is 3.35. The number of aliphatic carboxylic acids is 1. The molecule has 0 fully saturated rings. The minimum absolute atomic E-state index is 0.0839. The molecule has 1 atom stereocenters. The van der Waals surface area contributed by atoms with E-state index in [2.05, 4.69) is 4.98 Å². The van der Waals surface area contributed by atoms with Crippen molar-refractivity contribution >= 4 is 23.4 Å². The number of pyridine rings is 1. The van der Waals surface area contributed by atoms with Crippen LogP contribution in [0.4, 0.5) is 10.2 Å². The largest absolute Gasteiger partial charge is 0.478 e. The lowest BCUT2D eigenvalue weighted by Crippen LogP contribution is -2.39. The molecule has 1 aromatic heterocycles. The Hall–Kier alpha value is -1.82. The third-order valence-electron chi connectivity index (χ3n) is 2.21. The van der Waals surface area contributed by atoms with Gasteiger partial charge < -0.3 is 9.94 Å². The van der Waals surface area contributed by atoms with Crippen molar-refractivity contribution in [2.45, 2.75) is 12.2 Å². The molecule has 0 bridgehead atoms. The summed E-state index contributed by atoms with van der Waals surface area (Å²) < 4.78 is 14.2. The Labute approximate surface area is 101 Å². The molecule has 2 heterocycles. The van der Waals surface area contributed by atoms with Gasteiger partial charge in [-0.3, -0.25) is 0 Å². The molecule has 0 spiro atoms. The van der Waals surface area contributed by atoms with Gasteiger partial charge in [-0.05, 0) is 19.1 Å². The second kappa shape index (κ2) is 3.89. The summed E-state index contributed by atoms with van der Waals surface area (Å²) in [7, 11) is 0. The molecule has 1 aliphatic heterocycles. The fourth-order valence-corrected chi connectivity index (χ4v) is 1.83. The van der Waals surface area contributed by atoms with Crippen LogP contribution in [0.25, 0.3) is 0 Å². The fraction of sp³-hybridized carbons (Fsp3) is 0.200. The molecule has 0 saturated heterocycles. The molecule has 1 aromatic rings. The van der Waals surface area contributed by atoms with Gasteiger partial charge in [-0.2, -0.15) is 4.39 Å². The van der Waals surface area contributed by atoms with Crippen LogP contribution in [-0.2, 0) is 9.63 Å². The maximum absolute atomic E-state index is 14.2. The molecule has 7 heteroatoms. The van der Waals surface area contributed by atoms with Gasteiger partial charge >= 0.3 is 11.2 Å². The third-order valence-corrected chi connectivity index (χ3v) is 2.55. The van der Waals surface area contributed by atoms with E-state index in [4.69, 9.17) is 21.5 Å². The van der Waals surface area contributed by atoms with E-state index in [1.165, 1.54) is 19.2 Å². The van der Waals surface area contributed by atoms with E-state index < -0.39 is 16.8 Å². The van der Waals surface area contributed by atoms with Gasteiger partial charge in [-0.25, -0.2) is 9.78 Å². The number of carboxylic acid groups (broad SMARTS) is 1. The lowest BCUT2D eigenvalue weighted by Gasteiger charge is -2.24. The number of carbonyl (C=O) groups is 1. The Morgan fingerprint density at radius 2 is 2.35 bits per heavy atom. The third kappa shape index (κ3) is 1.80. The van der Waals surface area contributed by atoms with E-state index in [-0.39, 0.29) is 11.6 Å². The van der Waals surface area contributed by atoms with Gasteiger partial charge in [0.15, 0.2) is 11.4 Å². The predicted octanol–water partition coefficient (Wildman–Crippen LogP) is 2.05. The topological polar surface area (TPSA) is 62.7 Å². The molecule has 1 unspecified atom stereocenters. The predicted molar refractivity (Wildman–Crippen MR) is 57.8 cm³/mol. The average molecular weight is 259 g/mol. The van der Waals surface area contributed by atoms with Gasteiger partial charge in [0.05, 0.1) is 0 Å². The van der Waals surface area contributed by atoms with Gasteiger partial charge in [0.2, 0.25) is 0 Å². The van der Waals surface area contributed by atoms with Crippen LogP contribution in [0.3, 0.4) is 0 Å². The molecule has 0 aliphatic carbocycles. The van der Waals surface area contributed by atoms with E-state index in [0.717, 1.165) is 0 Å². The number of anilines is 1. The quantitative estimate of drug-likeness (QED) is 0.650. The van der Waals surface area contributed by atoms with Crippen molar-refractivity contribution in [1.82, 2.24) is 4.98 Å². The zero-order valence-electron chi connectivity index (χ0n) is 8.72. The Bertz CT molecular complexity index is 490. The van der Waals surface area contributed by atoms with Crippen molar-refractivity contribution in [3.63, 3.8) is 0 Å². The Morgan fingerprint density at radius 1 is 1.65 bits per heavy atom. The Kier molecular flexibility index (Phi) is 2.66. The van der Waals surface area contributed by atoms with Crippen molar-refractivity contribution in [3.05, 3.63) is 35.7 Å². The van der Waals surface area contributed by atoms with Gasteiger partial charge in [0, 0.05) is 6.20 Å². The van der Waals surface area contributed by atoms with E-state index in [0.29, 0.717) is 5.06 Å². The van der Waals surface area contributed by atoms with Crippen LogP contribution in [0.5, 0.6) is 0 Å². The molecular weight excluding hydrogens is 251 g/mol. The monoisotopic (exact) mass is 258 g/mol. The summed E-state index contributed by atoms with van der Waals surface area (Å²) in [4.78, 5) is 19.7. The van der Waals surface area contributed by atoms with Gasteiger partial charge in [0.25, 0.3) is 0 Å². The summed E-state index contributed by atoms with van der Waals surface area (Å²) in [6.07, 6.45) is 1.42. The smallest absolute Gasteiger partial charge is 0.341 e. The number of rotatable bonds is 2. The van der Waals surface area contributed by atoms with Gasteiger partial charge in [0.1, 0.15) is 5.76 Å². The van der Waals surface area contributed by atoms with E-state index in [9.17, 15) is 9.18 Å². The number of hydrogen-bond donors (Lipinski definition) is 1. The first-order chi connectivity index (χ1) is 7.94. The van der Waals surface area contributed by atoms with Crippen molar-refractivity contribution in [3.8, 4) is 0 Å². The molecule has 1 N–H and O–H groups in total. The lowest BCUT2D eigenvalue weighted by atomic mass is 10.2. The normalized spacial score (nSPS) is 23.8. The highest BCUT2D eigenvalue weighted by atomic mass is 35.5. The standard InChI is InChI=1S/C10H8ClFN2O3/c1-6-8(9(15)16)10(11,12)14(17-6)7-4-2-3-5-13-7/h2-5H,1H3,(H,15,16). The number of nitrogens with zero attached hydrogens (tertiary/aromatic N) is 2. The van der Waals surface area contributed by atoms with E-state index in [1.54, 1.807) is 12.1 Å². The van der Waals surface area contributed by atoms with E-state index >= 15 is 0 Å². The first-order valence-electron chi connectivity index (χ1n) is 4.66. The maximum atomic E-state index is 14.2. The average Bonchev–Trinajstić information content (AvgIpc) is 2.49. The molecular formula is C10H8ClFN2O3. The lowest BCUT2D eigenvalue weighted by molar-refractivity contribution is -0.133. The molecule has 0 amide bonds. The molecule has 2 rings (SSSR count).